The van der Waals surface area contributed by atoms with Crippen molar-refractivity contribution in [3.63, 3.8) is 0 Å². The number of aliphatic hydroxyl groups is 1. The molecule has 0 aromatic heterocycles. The standard InChI is InChI=1S/C12H16ClNO4/c1-14-11(16)3-4-18-12-8(7-15)5-9(13)6-10(12)17-2/h5-6,15H,3-4,7H2,1-2H3,(H,14,16). The Kier molecular flexibility index (Phi) is 5.74. The molecule has 0 unspecified atom stereocenters. The first-order valence-corrected chi connectivity index (χ1v) is 5.80. The summed E-state index contributed by atoms with van der Waals surface area (Å²) in [6.07, 6.45) is 0.229. The zero-order valence-electron chi connectivity index (χ0n) is 10.3. The minimum absolute atomic E-state index is 0.117. The Hall–Kier alpha value is -1.46. The van der Waals surface area contributed by atoms with Gasteiger partial charge in [0.15, 0.2) is 11.5 Å². The molecule has 0 atom stereocenters. The van der Waals surface area contributed by atoms with Crippen LogP contribution in [0.15, 0.2) is 12.1 Å². The number of methoxy groups -OCH3 is 1. The van der Waals surface area contributed by atoms with Crippen LogP contribution in [0.5, 0.6) is 11.5 Å². The normalized spacial score (nSPS) is 10.0. The average Bonchev–Trinajstić information content (AvgIpc) is 2.39. The maximum Gasteiger partial charge on any atom is 0.223 e. The van der Waals surface area contributed by atoms with Crippen LogP contribution in [0.25, 0.3) is 0 Å². The van der Waals surface area contributed by atoms with Gasteiger partial charge in [0, 0.05) is 23.7 Å². The van der Waals surface area contributed by atoms with E-state index in [1.54, 1.807) is 19.2 Å². The molecule has 0 aliphatic rings. The van der Waals surface area contributed by atoms with Gasteiger partial charge in [0.2, 0.25) is 5.91 Å². The Labute approximate surface area is 111 Å². The fourth-order valence-corrected chi connectivity index (χ4v) is 1.66. The lowest BCUT2D eigenvalue weighted by atomic mass is 10.2. The molecule has 0 radical (unpaired) electrons. The maximum atomic E-state index is 11.1. The van der Waals surface area contributed by atoms with E-state index >= 15 is 0 Å². The summed E-state index contributed by atoms with van der Waals surface area (Å²) >= 11 is 5.88. The fourth-order valence-electron chi connectivity index (χ4n) is 1.43. The number of halogens is 1. The molecule has 0 bridgehead atoms. The smallest absolute Gasteiger partial charge is 0.223 e. The third-order valence-electron chi connectivity index (χ3n) is 2.34. The van der Waals surface area contributed by atoms with Crippen molar-refractivity contribution in [1.82, 2.24) is 5.32 Å². The molecular formula is C12H16ClNO4. The van der Waals surface area contributed by atoms with E-state index in [1.807, 2.05) is 0 Å². The zero-order valence-corrected chi connectivity index (χ0v) is 11.1. The average molecular weight is 274 g/mol. The summed E-state index contributed by atoms with van der Waals surface area (Å²) in [5.41, 5.74) is 0.524. The summed E-state index contributed by atoms with van der Waals surface area (Å²) in [6, 6.07) is 3.19. The van der Waals surface area contributed by atoms with E-state index < -0.39 is 0 Å². The summed E-state index contributed by atoms with van der Waals surface area (Å²) in [6.45, 7) is -0.0170. The van der Waals surface area contributed by atoms with Gasteiger partial charge in [-0.2, -0.15) is 0 Å². The molecule has 0 saturated heterocycles. The minimum Gasteiger partial charge on any atom is -0.493 e. The molecule has 18 heavy (non-hydrogen) atoms. The van der Waals surface area contributed by atoms with Gasteiger partial charge in [0.1, 0.15) is 0 Å². The van der Waals surface area contributed by atoms with E-state index in [4.69, 9.17) is 21.1 Å². The molecule has 0 heterocycles. The number of benzene rings is 1. The van der Waals surface area contributed by atoms with Gasteiger partial charge in [-0.1, -0.05) is 11.6 Å². The number of carbonyl (C=O) groups is 1. The number of hydrogen-bond acceptors (Lipinski definition) is 4. The summed E-state index contributed by atoms with van der Waals surface area (Å²) in [5.74, 6) is 0.727. The minimum atomic E-state index is -0.216. The van der Waals surface area contributed by atoms with Crippen molar-refractivity contribution in [1.29, 1.82) is 0 Å². The highest BCUT2D eigenvalue weighted by molar-refractivity contribution is 6.30. The summed E-state index contributed by atoms with van der Waals surface area (Å²) in [7, 11) is 3.04. The van der Waals surface area contributed by atoms with Crippen molar-refractivity contribution in [2.24, 2.45) is 0 Å². The van der Waals surface area contributed by atoms with Crippen LogP contribution in [0, 0.1) is 0 Å². The van der Waals surface area contributed by atoms with E-state index in [-0.39, 0.29) is 25.5 Å². The van der Waals surface area contributed by atoms with Gasteiger partial charge in [-0.15, -0.1) is 0 Å². The molecule has 0 aliphatic heterocycles. The van der Waals surface area contributed by atoms with Gasteiger partial charge in [-0.25, -0.2) is 0 Å². The monoisotopic (exact) mass is 273 g/mol. The molecule has 0 saturated carbocycles. The van der Waals surface area contributed by atoms with Crippen LogP contribution >= 0.6 is 11.6 Å². The molecule has 1 aromatic rings. The predicted octanol–water partition coefficient (Wildman–Crippen LogP) is 1.36. The third-order valence-corrected chi connectivity index (χ3v) is 2.56. The van der Waals surface area contributed by atoms with E-state index in [0.717, 1.165) is 0 Å². The zero-order chi connectivity index (χ0) is 13.5. The number of rotatable bonds is 6. The lowest BCUT2D eigenvalue weighted by Gasteiger charge is -2.14. The predicted molar refractivity (Wildman–Crippen MR) is 68.1 cm³/mol. The molecule has 1 aromatic carbocycles. The number of nitrogens with one attached hydrogen (secondary N) is 1. The number of amides is 1. The van der Waals surface area contributed by atoms with Crippen LogP contribution in [-0.4, -0.2) is 31.8 Å². The van der Waals surface area contributed by atoms with Crippen LogP contribution in [0.2, 0.25) is 5.02 Å². The topological polar surface area (TPSA) is 67.8 Å². The van der Waals surface area contributed by atoms with Crippen molar-refractivity contribution >= 4 is 17.5 Å². The first-order valence-electron chi connectivity index (χ1n) is 5.43. The molecular weight excluding hydrogens is 258 g/mol. The van der Waals surface area contributed by atoms with Gasteiger partial charge in [0.25, 0.3) is 0 Å². The number of ether oxygens (including phenoxy) is 2. The van der Waals surface area contributed by atoms with Crippen LogP contribution in [0.4, 0.5) is 0 Å². The first-order chi connectivity index (χ1) is 8.62. The molecule has 0 aliphatic carbocycles. The number of aliphatic hydroxyl groups excluding tert-OH is 1. The van der Waals surface area contributed by atoms with Gasteiger partial charge in [-0.05, 0) is 6.07 Å². The number of carbonyl (C=O) groups excluding carboxylic acids is 1. The number of hydrogen-bond donors (Lipinski definition) is 2. The van der Waals surface area contributed by atoms with Crippen molar-refractivity contribution in [2.45, 2.75) is 13.0 Å². The van der Waals surface area contributed by atoms with Crippen LogP contribution < -0.4 is 14.8 Å². The summed E-state index contributed by atoms with van der Waals surface area (Å²) in [4.78, 5) is 11.1. The van der Waals surface area contributed by atoms with Crippen molar-refractivity contribution in [3.8, 4) is 11.5 Å². The second-order valence-electron chi connectivity index (χ2n) is 3.53. The van der Waals surface area contributed by atoms with E-state index in [0.29, 0.717) is 22.1 Å². The van der Waals surface area contributed by atoms with Gasteiger partial charge < -0.3 is 19.9 Å². The van der Waals surface area contributed by atoms with Crippen molar-refractivity contribution in [3.05, 3.63) is 22.7 Å². The highest BCUT2D eigenvalue weighted by Gasteiger charge is 2.12. The van der Waals surface area contributed by atoms with Gasteiger partial charge >= 0.3 is 0 Å². The van der Waals surface area contributed by atoms with Crippen molar-refractivity contribution in [2.75, 3.05) is 20.8 Å². The molecule has 5 nitrogen and oxygen atoms in total. The van der Waals surface area contributed by atoms with Gasteiger partial charge in [-0.3, -0.25) is 4.79 Å². The Morgan fingerprint density at radius 1 is 1.50 bits per heavy atom. The second kappa shape index (κ2) is 7.08. The lowest BCUT2D eigenvalue weighted by molar-refractivity contribution is -0.121. The summed E-state index contributed by atoms with van der Waals surface area (Å²) < 4.78 is 10.6. The molecule has 1 rings (SSSR count). The Morgan fingerprint density at radius 2 is 2.22 bits per heavy atom. The molecule has 0 spiro atoms. The van der Waals surface area contributed by atoms with Crippen molar-refractivity contribution < 1.29 is 19.4 Å². The molecule has 6 heteroatoms. The molecule has 100 valence electrons. The van der Waals surface area contributed by atoms with Crippen LogP contribution in [0.1, 0.15) is 12.0 Å². The first kappa shape index (κ1) is 14.6. The highest BCUT2D eigenvalue weighted by Crippen LogP contribution is 2.34. The van der Waals surface area contributed by atoms with Crippen LogP contribution in [-0.2, 0) is 11.4 Å². The largest absolute Gasteiger partial charge is 0.493 e. The Bertz CT molecular complexity index is 398. The Balaban J connectivity index is 2.82. The molecule has 2 N–H and O–H groups in total. The summed E-state index contributed by atoms with van der Waals surface area (Å²) in [5, 5.41) is 12.2. The third kappa shape index (κ3) is 3.78. The quantitative estimate of drug-likeness (QED) is 0.821. The lowest BCUT2D eigenvalue weighted by Crippen LogP contribution is -2.20. The molecule has 1 amide bonds. The second-order valence-corrected chi connectivity index (χ2v) is 3.96. The highest BCUT2D eigenvalue weighted by atomic mass is 35.5. The fraction of sp³-hybridized carbons (Fsp3) is 0.417. The Morgan fingerprint density at radius 3 is 2.78 bits per heavy atom. The van der Waals surface area contributed by atoms with E-state index in [2.05, 4.69) is 5.32 Å². The van der Waals surface area contributed by atoms with E-state index in [1.165, 1.54) is 7.11 Å². The van der Waals surface area contributed by atoms with E-state index in [9.17, 15) is 9.90 Å². The SMILES string of the molecule is CNC(=O)CCOc1c(CO)cc(Cl)cc1OC. The molecule has 0 fully saturated rings. The maximum absolute atomic E-state index is 11.1. The van der Waals surface area contributed by atoms with Crippen LogP contribution in [0.3, 0.4) is 0 Å². The van der Waals surface area contributed by atoms with Gasteiger partial charge in [0.05, 0.1) is 26.7 Å².